The molecule has 0 spiro atoms. The van der Waals surface area contributed by atoms with Crippen LogP contribution >= 0.6 is 66.7 Å². The van der Waals surface area contributed by atoms with E-state index in [0.29, 0.717) is 0 Å². The van der Waals surface area contributed by atoms with Gasteiger partial charge in [0.1, 0.15) is 0 Å². The molecule has 0 bridgehead atoms. The zero-order chi connectivity index (χ0) is 14.0. The van der Waals surface area contributed by atoms with E-state index in [0.717, 1.165) is 20.1 Å². The Morgan fingerprint density at radius 1 is 0.684 bits per heavy atom. The van der Waals surface area contributed by atoms with Crippen molar-refractivity contribution < 1.29 is 0 Å². The van der Waals surface area contributed by atoms with Gasteiger partial charge >= 0.3 is 0 Å². The topological polar surface area (TPSA) is 0 Å². The first-order valence-corrected chi connectivity index (χ1v) is 8.17. The van der Waals surface area contributed by atoms with E-state index in [1.165, 1.54) is 0 Å². The van der Waals surface area contributed by atoms with E-state index in [9.17, 15) is 0 Å². The molecule has 0 saturated heterocycles. The molecule has 100 valence electrons. The molecule has 0 unspecified atom stereocenters. The Kier molecular flexibility index (Phi) is 5.24. The van der Waals surface area contributed by atoms with Gasteiger partial charge in [-0.05, 0) is 35.4 Å². The van der Waals surface area contributed by atoms with E-state index < -0.39 is 3.79 Å². The summed E-state index contributed by atoms with van der Waals surface area (Å²) in [5.41, 5.74) is 1.93. The molecule has 0 radical (unpaired) electrons. The molecule has 0 aliphatic heterocycles. The van der Waals surface area contributed by atoms with Crippen molar-refractivity contribution in [2.75, 3.05) is 0 Å². The van der Waals surface area contributed by atoms with Crippen molar-refractivity contribution in [3.05, 3.63) is 68.6 Å². The van der Waals surface area contributed by atoms with Crippen molar-refractivity contribution in [3.63, 3.8) is 0 Å². The lowest BCUT2D eigenvalue weighted by Crippen LogP contribution is -2.18. The minimum Gasteiger partial charge on any atom is -0.0826 e. The summed E-state index contributed by atoms with van der Waals surface area (Å²) in [6.07, 6.45) is 0. The van der Waals surface area contributed by atoms with Crippen molar-refractivity contribution in [2.45, 2.75) is 9.71 Å². The van der Waals surface area contributed by atoms with Gasteiger partial charge < -0.3 is 0 Å². The van der Waals surface area contributed by atoms with Crippen molar-refractivity contribution in [1.29, 1.82) is 0 Å². The second-order valence-corrected chi connectivity index (χ2v) is 8.28. The average molecular weight is 443 g/mol. The standard InChI is InChI=1S/C14H9Br2Cl3/c15-11-5-1-9(2-6-11)13(14(17,18)19)10-3-7-12(16)8-4-10/h1-8,13H. The van der Waals surface area contributed by atoms with Crippen molar-refractivity contribution in [1.82, 2.24) is 0 Å². The number of rotatable bonds is 2. The highest BCUT2D eigenvalue weighted by Crippen LogP contribution is 2.45. The van der Waals surface area contributed by atoms with E-state index in [2.05, 4.69) is 31.9 Å². The van der Waals surface area contributed by atoms with Crippen LogP contribution in [0.2, 0.25) is 0 Å². The van der Waals surface area contributed by atoms with Gasteiger partial charge in [-0.3, -0.25) is 0 Å². The Labute approximate surface area is 144 Å². The summed E-state index contributed by atoms with van der Waals surface area (Å²) in [6.45, 7) is 0. The number of hydrogen-bond donors (Lipinski definition) is 0. The molecule has 2 aromatic rings. The maximum Gasteiger partial charge on any atom is 0.201 e. The maximum absolute atomic E-state index is 6.16. The van der Waals surface area contributed by atoms with Gasteiger partial charge in [0.15, 0.2) is 0 Å². The van der Waals surface area contributed by atoms with Crippen LogP contribution in [0.25, 0.3) is 0 Å². The highest BCUT2D eigenvalue weighted by molar-refractivity contribution is 9.10. The molecule has 2 rings (SSSR count). The fraction of sp³-hybridized carbons (Fsp3) is 0.143. The molecule has 0 N–H and O–H groups in total. The third kappa shape index (κ3) is 4.12. The Hall–Kier alpha value is 0.270. The average Bonchev–Trinajstić information content (AvgIpc) is 2.33. The van der Waals surface area contributed by atoms with Crippen LogP contribution in [0.5, 0.6) is 0 Å². The van der Waals surface area contributed by atoms with Crippen molar-refractivity contribution in [2.24, 2.45) is 0 Å². The first-order chi connectivity index (χ1) is 8.88. The van der Waals surface area contributed by atoms with Gasteiger partial charge in [0.2, 0.25) is 3.79 Å². The van der Waals surface area contributed by atoms with Crippen LogP contribution < -0.4 is 0 Å². The van der Waals surface area contributed by atoms with Gasteiger partial charge in [0, 0.05) is 8.95 Å². The second-order valence-electron chi connectivity index (χ2n) is 4.08. The van der Waals surface area contributed by atoms with Crippen LogP contribution in [0.1, 0.15) is 17.0 Å². The molecule has 0 aromatic heterocycles. The summed E-state index contributed by atoms with van der Waals surface area (Å²) in [7, 11) is 0. The molecule has 0 nitrogen and oxygen atoms in total. The highest BCUT2D eigenvalue weighted by atomic mass is 79.9. The lowest BCUT2D eigenvalue weighted by atomic mass is 9.93. The Morgan fingerprint density at radius 3 is 1.26 bits per heavy atom. The number of alkyl halides is 3. The van der Waals surface area contributed by atoms with Crippen LogP contribution in [0.4, 0.5) is 0 Å². The van der Waals surface area contributed by atoms with E-state index in [-0.39, 0.29) is 5.92 Å². The molecule has 0 amide bonds. The molecular formula is C14H9Br2Cl3. The summed E-state index contributed by atoms with van der Waals surface area (Å²) >= 11 is 25.3. The summed E-state index contributed by atoms with van der Waals surface area (Å²) in [6, 6.07) is 15.6. The summed E-state index contributed by atoms with van der Waals surface area (Å²) in [5, 5.41) is 0. The number of benzene rings is 2. The fourth-order valence-corrected chi connectivity index (χ4v) is 3.17. The predicted molar refractivity (Wildman–Crippen MR) is 90.4 cm³/mol. The zero-order valence-electron chi connectivity index (χ0n) is 9.59. The quantitative estimate of drug-likeness (QED) is 0.453. The smallest absolute Gasteiger partial charge is 0.0826 e. The van der Waals surface area contributed by atoms with Gasteiger partial charge in [-0.15, -0.1) is 0 Å². The number of hydrogen-bond acceptors (Lipinski definition) is 0. The van der Waals surface area contributed by atoms with Gasteiger partial charge in [-0.1, -0.05) is 90.9 Å². The molecule has 0 heterocycles. The summed E-state index contributed by atoms with van der Waals surface area (Å²) in [4.78, 5) is 0. The predicted octanol–water partition coefficient (Wildman–Crippen LogP) is 6.71. The third-order valence-corrected chi connectivity index (χ3v) is 4.45. The third-order valence-electron chi connectivity index (χ3n) is 2.73. The minimum absolute atomic E-state index is 0.307. The largest absolute Gasteiger partial charge is 0.201 e. The lowest BCUT2D eigenvalue weighted by Gasteiger charge is -2.25. The number of halogens is 5. The van der Waals surface area contributed by atoms with Crippen molar-refractivity contribution in [3.8, 4) is 0 Å². The zero-order valence-corrected chi connectivity index (χ0v) is 15.0. The van der Waals surface area contributed by atoms with Crippen LogP contribution in [0, 0.1) is 0 Å². The Balaban J connectivity index is 2.47. The van der Waals surface area contributed by atoms with E-state index >= 15 is 0 Å². The summed E-state index contributed by atoms with van der Waals surface area (Å²) < 4.78 is 0.590. The molecule has 0 aliphatic rings. The van der Waals surface area contributed by atoms with E-state index in [4.69, 9.17) is 34.8 Å². The molecule has 0 atom stereocenters. The van der Waals surface area contributed by atoms with Crippen LogP contribution in [0.3, 0.4) is 0 Å². The molecule has 0 aliphatic carbocycles. The van der Waals surface area contributed by atoms with Gasteiger partial charge in [-0.2, -0.15) is 0 Å². The SMILES string of the molecule is ClC(Cl)(Cl)C(c1ccc(Br)cc1)c1ccc(Br)cc1. The Morgan fingerprint density at radius 2 is 1.00 bits per heavy atom. The maximum atomic E-state index is 6.16. The fourth-order valence-electron chi connectivity index (χ4n) is 1.88. The van der Waals surface area contributed by atoms with Crippen LogP contribution in [-0.4, -0.2) is 3.79 Å². The molecule has 2 aromatic carbocycles. The molecule has 5 heteroatoms. The molecular weight excluding hydrogens is 434 g/mol. The van der Waals surface area contributed by atoms with Gasteiger partial charge in [-0.25, -0.2) is 0 Å². The minimum atomic E-state index is -1.40. The van der Waals surface area contributed by atoms with Gasteiger partial charge in [0.05, 0.1) is 5.92 Å². The Bertz CT molecular complexity index is 499. The second kappa shape index (κ2) is 6.36. The van der Waals surface area contributed by atoms with Crippen LogP contribution in [0.15, 0.2) is 57.5 Å². The van der Waals surface area contributed by atoms with E-state index in [1.54, 1.807) is 0 Å². The highest BCUT2D eigenvalue weighted by Gasteiger charge is 2.35. The van der Waals surface area contributed by atoms with Crippen molar-refractivity contribution >= 4 is 66.7 Å². The monoisotopic (exact) mass is 440 g/mol. The normalized spacial score (nSPS) is 11.9. The summed E-state index contributed by atoms with van der Waals surface area (Å²) in [5.74, 6) is -0.307. The lowest BCUT2D eigenvalue weighted by molar-refractivity contribution is 0.838. The molecule has 0 fully saturated rings. The van der Waals surface area contributed by atoms with Crippen LogP contribution in [-0.2, 0) is 0 Å². The first-order valence-electron chi connectivity index (χ1n) is 5.45. The first kappa shape index (κ1) is 15.7. The van der Waals surface area contributed by atoms with Gasteiger partial charge in [0.25, 0.3) is 0 Å². The van der Waals surface area contributed by atoms with E-state index in [1.807, 2.05) is 48.5 Å². The molecule has 19 heavy (non-hydrogen) atoms. The molecule has 0 saturated carbocycles.